The maximum Gasteiger partial charge on any atom is 0.326 e. The van der Waals surface area contributed by atoms with Gasteiger partial charge in [-0.15, -0.1) is 0 Å². The lowest BCUT2D eigenvalue weighted by molar-refractivity contribution is -0.143. The summed E-state index contributed by atoms with van der Waals surface area (Å²) in [5, 5.41) is 15.4. The Morgan fingerprint density at radius 1 is 1.14 bits per heavy atom. The number of rotatable bonds is 11. The number of para-hydroxylation sites is 1. The van der Waals surface area contributed by atoms with Crippen molar-refractivity contribution in [1.29, 1.82) is 0 Å². The first-order valence-electron chi connectivity index (χ1n) is 11.4. The van der Waals surface area contributed by atoms with Crippen LogP contribution >= 0.6 is 0 Å². The van der Waals surface area contributed by atoms with Gasteiger partial charge in [0.15, 0.2) is 0 Å². The number of hydrogen-bond acceptors (Lipinski definition) is 6. The molecule has 8 N–H and O–H groups in total. The van der Waals surface area contributed by atoms with Crippen LogP contribution in [-0.2, 0) is 30.4 Å². The Hall–Kier alpha value is -3.93. The minimum Gasteiger partial charge on any atom is -0.480 e. The van der Waals surface area contributed by atoms with E-state index in [1.165, 1.54) is 4.90 Å². The highest BCUT2D eigenvalue weighted by Gasteiger charge is 2.36. The molecule has 0 saturated carbocycles. The molecule has 0 spiro atoms. The first-order chi connectivity index (χ1) is 16.7. The molecule has 3 atom stereocenters. The maximum absolute atomic E-state index is 13.2. The van der Waals surface area contributed by atoms with Crippen molar-refractivity contribution >= 4 is 40.5 Å². The summed E-state index contributed by atoms with van der Waals surface area (Å²) in [6.45, 7) is 0.158. The molecule has 1 aliphatic rings. The smallest absolute Gasteiger partial charge is 0.326 e. The molecule has 4 amide bonds. The van der Waals surface area contributed by atoms with E-state index in [0.717, 1.165) is 16.5 Å². The molecular weight excluding hydrogens is 456 g/mol. The van der Waals surface area contributed by atoms with Gasteiger partial charge in [-0.05, 0) is 30.9 Å². The van der Waals surface area contributed by atoms with Crippen LogP contribution in [0.25, 0.3) is 10.9 Å². The quantitative estimate of drug-likeness (QED) is 0.233. The van der Waals surface area contributed by atoms with Gasteiger partial charge < -0.3 is 37.1 Å². The molecule has 2 aromatic rings. The van der Waals surface area contributed by atoms with Gasteiger partial charge in [-0.2, -0.15) is 0 Å². The number of carboxylic acids is 1. The molecule has 0 aliphatic carbocycles. The number of amides is 4. The van der Waals surface area contributed by atoms with Gasteiger partial charge in [-0.3, -0.25) is 19.2 Å². The molecule has 12 heteroatoms. The van der Waals surface area contributed by atoms with E-state index in [4.69, 9.17) is 11.5 Å². The summed E-state index contributed by atoms with van der Waals surface area (Å²) in [6.07, 6.45) is 2.42. The van der Waals surface area contributed by atoms with Crippen molar-refractivity contribution in [2.75, 3.05) is 13.1 Å². The standard InChI is InChI=1S/C23H30N6O6/c24-11-20(31)29-9-3-6-18(29)22(33)28-17(10-13-12-26-15-5-2-1-4-14(13)15)21(32)27-16(23(34)35)7-8-19(25)30/h1-2,4-5,12,16-18,26H,3,6-11,24H2,(H2,25,30)(H,27,32)(H,28,33)(H,34,35). The number of H-pyrrole nitrogens is 1. The van der Waals surface area contributed by atoms with E-state index >= 15 is 0 Å². The topological polar surface area (TPSA) is 201 Å². The Balaban J connectivity index is 1.82. The number of primary amides is 1. The van der Waals surface area contributed by atoms with Crippen LogP contribution in [0.1, 0.15) is 31.2 Å². The Bertz CT molecular complexity index is 1110. The first-order valence-corrected chi connectivity index (χ1v) is 11.4. The molecule has 188 valence electrons. The van der Waals surface area contributed by atoms with Gasteiger partial charge in [-0.25, -0.2) is 4.79 Å². The van der Waals surface area contributed by atoms with Gasteiger partial charge in [0.1, 0.15) is 18.1 Å². The van der Waals surface area contributed by atoms with E-state index in [-0.39, 0.29) is 31.7 Å². The molecule has 3 unspecified atom stereocenters. The number of aromatic amines is 1. The van der Waals surface area contributed by atoms with Crippen LogP contribution in [0.5, 0.6) is 0 Å². The average Bonchev–Trinajstić information content (AvgIpc) is 3.48. The van der Waals surface area contributed by atoms with Crippen LogP contribution in [0.15, 0.2) is 30.5 Å². The molecule has 3 rings (SSSR count). The Labute approximate surface area is 201 Å². The van der Waals surface area contributed by atoms with Crippen molar-refractivity contribution in [3.63, 3.8) is 0 Å². The van der Waals surface area contributed by atoms with Crippen molar-refractivity contribution in [2.45, 2.75) is 50.2 Å². The molecule has 0 bridgehead atoms. The highest BCUT2D eigenvalue weighted by Crippen LogP contribution is 2.21. The number of likely N-dealkylation sites (tertiary alicyclic amines) is 1. The number of nitrogens with zero attached hydrogens (tertiary/aromatic N) is 1. The highest BCUT2D eigenvalue weighted by atomic mass is 16.4. The Morgan fingerprint density at radius 3 is 2.57 bits per heavy atom. The van der Waals surface area contributed by atoms with E-state index in [2.05, 4.69) is 15.6 Å². The third-order valence-electron chi connectivity index (χ3n) is 6.08. The summed E-state index contributed by atoms with van der Waals surface area (Å²) >= 11 is 0. The van der Waals surface area contributed by atoms with Gasteiger partial charge in [0.2, 0.25) is 23.6 Å². The average molecular weight is 487 g/mol. The normalized spacial score (nSPS) is 17.1. The molecule has 1 fully saturated rings. The number of aliphatic carboxylic acids is 1. The number of benzene rings is 1. The Morgan fingerprint density at radius 2 is 1.89 bits per heavy atom. The number of nitrogens with one attached hydrogen (secondary N) is 3. The van der Waals surface area contributed by atoms with E-state index in [0.29, 0.717) is 19.4 Å². The van der Waals surface area contributed by atoms with Gasteiger partial charge in [0, 0.05) is 36.5 Å². The minimum atomic E-state index is -1.36. The van der Waals surface area contributed by atoms with Crippen LogP contribution in [0.3, 0.4) is 0 Å². The number of aromatic nitrogens is 1. The first kappa shape index (κ1) is 25.7. The zero-order chi connectivity index (χ0) is 25.5. The monoisotopic (exact) mass is 486 g/mol. The number of hydrogen-bond donors (Lipinski definition) is 6. The lowest BCUT2D eigenvalue weighted by Gasteiger charge is -2.26. The van der Waals surface area contributed by atoms with Gasteiger partial charge in [0.05, 0.1) is 6.54 Å². The zero-order valence-corrected chi connectivity index (χ0v) is 19.2. The van der Waals surface area contributed by atoms with Crippen LogP contribution < -0.4 is 22.1 Å². The molecule has 1 aromatic heterocycles. The van der Waals surface area contributed by atoms with Crippen molar-refractivity contribution in [2.24, 2.45) is 11.5 Å². The van der Waals surface area contributed by atoms with Crippen molar-refractivity contribution < 1.29 is 29.1 Å². The highest BCUT2D eigenvalue weighted by molar-refractivity contribution is 5.94. The van der Waals surface area contributed by atoms with Crippen molar-refractivity contribution in [1.82, 2.24) is 20.5 Å². The SMILES string of the molecule is NCC(=O)N1CCCC1C(=O)NC(Cc1c[nH]c2ccccc12)C(=O)NC(CCC(N)=O)C(=O)O. The second-order valence-electron chi connectivity index (χ2n) is 8.48. The molecule has 1 aromatic carbocycles. The summed E-state index contributed by atoms with van der Waals surface area (Å²) in [4.78, 5) is 65.6. The number of carbonyl (C=O) groups is 5. The summed E-state index contributed by atoms with van der Waals surface area (Å²) in [5.74, 6) is -3.63. The van der Waals surface area contributed by atoms with E-state index in [1.807, 2.05) is 24.3 Å². The molecular formula is C23H30N6O6. The molecule has 12 nitrogen and oxygen atoms in total. The van der Waals surface area contributed by atoms with Crippen LogP contribution in [0, 0.1) is 0 Å². The van der Waals surface area contributed by atoms with E-state index in [9.17, 15) is 29.1 Å². The fourth-order valence-corrected chi connectivity index (χ4v) is 4.27. The minimum absolute atomic E-state index is 0.0707. The second kappa shape index (κ2) is 11.5. The van der Waals surface area contributed by atoms with Gasteiger partial charge in [0.25, 0.3) is 0 Å². The van der Waals surface area contributed by atoms with Crippen molar-refractivity contribution in [3.05, 3.63) is 36.0 Å². The zero-order valence-electron chi connectivity index (χ0n) is 19.2. The fourth-order valence-electron chi connectivity index (χ4n) is 4.27. The van der Waals surface area contributed by atoms with Crippen LogP contribution in [0.4, 0.5) is 0 Å². The number of carbonyl (C=O) groups excluding carboxylic acids is 4. The number of nitrogens with two attached hydrogens (primary N) is 2. The second-order valence-corrected chi connectivity index (χ2v) is 8.48. The summed E-state index contributed by atoms with van der Waals surface area (Å²) in [5.41, 5.74) is 12.2. The lowest BCUT2D eigenvalue weighted by Crippen LogP contribution is -2.56. The summed E-state index contributed by atoms with van der Waals surface area (Å²) in [7, 11) is 0. The van der Waals surface area contributed by atoms with Crippen LogP contribution in [0.2, 0.25) is 0 Å². The molecule has 1 saturated heterocycles. The number of fused-ring (bicyclic) bond motifs is 1. The van der Waals surface area contributed by atoms with E-state index in [1.54, 1.807) is 6.20 Å². The van der Waals surface area contributed by atoms with Crippen molar-refractivity contribution in [3.8, 4) is 0 Å². The fraction of sp³-hybridized carbons (Fsp3) is 0.435. The summed E-state index contributed by atoms with van der Waals surface area (Å²) in [6, 6.07) is 4.16. The largest absolute Gasteiger partial charge is 0.480 e. The molecule has 2 heterocycles. The molecule has 0 radical (unpaired) electrons. The third-order valence-corrected chi connectivity index (χ3v) is 6.08. The summed E-state index contributed by atoms with van der Waals surface area (Å²) < 4.78 is 0. The lowest BCUT2D eigenvalue weighted by atomic mass is 10.0. The van der Waals surface area contributed by atoms with E-state index < -0.39 is 41.8 Å². The van der Waals surface area contributed by atoms with Gasteiger partial charge >= 0.3 is 5.97 Å². The predicted octanol–water partition coefficient (Wildman–Crippen LogP) is -1.02. The Kier molecular flexibility index (Phi) is 8.42. The maximum atomic E-state index is 13.2. The molecule has 35 heavy (non-hydrogen) atoms. The predicted molar refractivity (Wildman–Crippen MR) is 126 cm³/mol. The third kappa shape index (κ3) is 6.35. The van der Waals surface area contributed by atoms with Gasteiger partial charge in [-0.1, -0.05) is 18.2 Å². The number of carboxylic acid groups (broad SMARTS) is 1. The van der Waals surface area contributed by atoms with Crippen LogP contribution in [-0.4, -0.2) is 75.8 Å². The molecule has 1 aliphatic heterocycles.